The number of ketones is 1. The summed E-state index contributed by atoms with van der Waals surface area (Å²) in [7, 11) is 0. The van der Waals surface area contributed by atoms with Gasteiger partial charge in [0.05, 0.1) is 0 Å². The van der Waals surface area contributed by atoms with Crippen molar-refractivity contribution in [1.82, 2.24) is 9.97 Å². The summed E-state index contributed by atoms with van der Waals surface area (Å²) in [5.74, 6) is 0.0133. The van der Waals surface area contributed by atoms with Crippen molar-refractivity contribution >= 4 is 34.8 Å². The van der Waals surface area contributed by atoms with Gasteiger partial charge < -0.3 is 0 Å². The number of aromatic nitrogens is 2. The minimum absolute atomic E-state index is 0.0133. The first-order valence-corrected chi connectivity index (χ1v) is 11.1. The fourth-order valence-corrected chi connectivity index (χ4v) is 5.88. The van der Waals surface area contributed by atoms with Crippen LogP contribution in [0.25, 0.3) is 22.5 Å². The number of hydrogen-bond acceptors (Lipinski definition) is 3. The standard InChI is InChI=1S/C19H12N2OSe2/c22-17(18-20-15(11-23-18)13-7-3-1-4-8-13)19-21-16(12-24-19)14-9-5-2-6-10-14/h1-12H. The van der Waals surface area contributed by atoms with Gasteiger partial charge in [-0.3, -0.25) is 0 Å². The zero-order valence-corrected chi connectivity index (χ0v) is 16.0. The summed E-state index contributed by atoms with van der Waals surface area (Å²) in [5, 5.41) is 0. The Bertz CT molecular complexity index is 895. The zero-order valence-electron chi connectivity index (χ0n) is 12.5. The summed E-state index contributed by atoms with van der Waals surface area (Å²) in [6, 6.07) is 20.0. The zero-order chi connectivity index (χ0) is 16.4. The van der Waals surface area contributed by atoms with Crippen molar-refractivity contribution in [2.45, 2.75) is 0 Å². The summed E-state index contributed by atoms with van der Waals surface area (Å²) in [5.41, 5.74) is 3.93. The third-order valence-corrected chi connectivity index (χ3v) is 7.07. The van der Waals surface area contributed by atoms with E-state index >= 15 is 0 Å². The van der Waals surface area contributed by atoms with Crippen LogP contribution in [0.3, 0.4) is 0 Å². The van der Waals surface area contributed by atoms with Crippen molar-refractivity contribution in [3.8, 4) is 22.5 Å². The monoisotopic (exact) mass is 444 g/mol. The van der Waals surface area contributed by atoms with Gasteiger partial charge in [0.1, 0.15) is 0 Å². The molecule has 0 saturated heterocycles. The van der Waals surface area contributed by atoms with Crippen LogP contribution in [0.1, 0.15) is 13.9 Å². The maximum atomic E-state index is 12.7. The second kappa shape index (κ2) is 6.84. The van der Waals surface area contributed by atoms with Crippen molar-refractivity contribution in [2.75, 3.05) is 0 Å². The summed E-state index contributed by atoms with van der Waals surface area (Å²) in [4.78, 5) is 26.0. The van der Waals surface area contributed by atoms with Crippen LogP contribution >= 0.6 is 0 Å². The normalized spacial score (nSPS) is 10.7. The van der Waals surface area contributed by atoms with Crippen LogP contribution in [0, 0.1) is 0 Å². The summed E-state index contributed by atoms with van der Waals surface area (Å²) in [6.45, 7) is 0. The summed E-state index contributed by atoms with van der Waals surface area (Å²) < 4.78 is 1.31. The van der Waals surface area contributed by atoms with E-state index in [1.807, 2.05) is 60.7 Å². The first-order chi connectivity index (χ1) is 11.8. The molecule has 0 amide bonds. The molecule has 2 aromatic carbocycles. The second-order valence-electron chi connectivity index (χ2n) is 5.14. The average Bonchev–Trinajstić information content (AvgIpc) is 3.33. The van der Waals surface area contributed by atoms with Gasteiger partial charge in [0.15, 0.2) is 0 Å². The van der Waals surface area contributed by atoms with Crippen LogP contribution in [-0.4, -0.2) is 44.8 Å². The van der Waals surface area contributed by atoms with Crippen LogP contribution in [0.5, 0.6) is 0 Å². The molecule has 0 radical (unpaired) electrons. The van der Waals surface area contributed by atoms with Gasteiger partial charge in [-0.2, -0.15) is 0 Å². The molecule has 0 fully saturated rings. The van der Waals surface area contributed by atoms with Gasteiger partial charge in [-0.1, -0.05) is 0 Å². The second-order valence-corrected chi connectivity index (χ2v) is 8.74. The van der Waals surface area contributed by atoms with E-state index in [0.717, 1.165) is 22.5 Å². The van der Waals surface area contributed by atoms with E-state index < -0.39 is 0 Å². The Hall–Kier alpha value is -2.03. The third kappa shape index (κ3) is 3.12. The van der Waals surface area contributed by atoms with Crippen molar-refractivity contribution in [1.29, 1.82) is 0 Å². The number of nitrogens with zero attached hydrogens (tertiary/aromatic N) is 2. The van der Waals surface area contributed by atoms with Crippen LogP contribution in [0.15, 0.2) is 70.5 Å². The predicted octanol–water partition coefficient (Wildman–Crippen LogP) is 3.16. The molecule has 2 heterocycles. The first kappa shape index (κ1) is 15.5. The molecule has 4 aromatic rings. The number of hydrogen-bond donors (Lipinski definition) is 0. The van der Waals surface area contributed by atoms with Crippen LogP contribution in [0.4, 0.5) is 0 Å². The van der Waals surface area contributed by atoms with Gasteiger partial charge >= 0.3 is 152 Å². The van der Waals surface area contributed by atoms with Crippen molar-refractivity contribution in [3.05, 3.63) is 79.7 Å². The molecule has 3 nitrogen and oxygen atoms in total. The van der Waals surface area contributed by atoms with Crippen LogP contribution in [-0.2, 0) is 0 Å². The molecule has 0 aliphatic rings. The fraction of sp³-hybridized carbons (Fsp3) is 0. The molecule has 5 heteroatoms. The molecule has 0 aliphatic heterocycles. The molecule has 116 valence electrons. The van der Waals surface area contributed by atoms with Gasteiger partial charge in [-0.05, 0) is 0 Å². The molecular formula is C19H12N2OSe2. The molecular weight excluding hydrogens is 430 g/mol. The Morgan fingerprint density at radius 3 is 1.50 bits per heavy atom. The van der Waals surface area contributed by atoms with E-state index in [1.54, 1.807) is 0 Å². The molecule has 0 N–H and O–H groups in total. The molecule has 24 heavy (non-hydrogen) atoms. The molecule has 0 unspecified atom stereocenters. The molecule has 0 aliphatic carbocycles. The van der Waals surface area contributed by atoms with Gasteiger partial charge in [-0.25, -0.2) is 0 Å². The quantitative estimate of drug-likeness (QED) is 0.361. The molecule has 0 bridgehead atoms. The van der Waals surface area contributed by atoms with Gasteiger partial charge in [0, 0.05) is 0 Å². The molecule has 4 rings (SSSR count). The Balaban J connectivity index is 1.61. The Morgan fingerprint density at radius 2 is 1.08 bits per heavy atom. The molecule has 0 spiro atoms. The van der Waals surface area contributed by atoms with Gasteiger partial charge in [-0.15, -0.1) is 0 Å². The predicted molar refractivity (Wildman–Crippen MR) is 96.7 cm³/mol. The first-order valence-electron chi connectivity index (χ1n) is 7.38. The fourth-order valence-electron chi connectivity index (χ4n) is 2.33. The molecule has 2 aromatic heterocycles. The third-order valence-electron chi connectivity index (χ3n) is 3.54. The summed E-state index contributed by atoms with van der Waals surface area (Å²) in [6.07, 6.45) is 0. The average molecular weight is 442 g/mol. The maximum absolute atomic E-state index is 12.7. The number of benzene rings is 2. The Morgan fingerprint density at radius 1 is 0.667 bits per heavy atom. The topological polar surface area (TPSA) is 42.9 Å². The van der Waals surface area contributed by atoms with Crippen molar-refractivity contribution in [3.63, 3.8) is 0 Å². The van der Waals surface area contributed by atoms with Gasteiger partial charge in [0.2, 0.25) is 0 Å². The van der Waals surface area contributed by atoms with Crippen molar-refractivity contribution in [2.24, 2.45) is 0 Å². The van der Waals surface area contributed by atoms with Crippen LogP contribution in [0.2, 0.25) is 0 Å². The molecule has 0 saturated carbocycles. The Labute approximate surface area is 151 Å². The minimum atomic E-state index is -0.0175. The molecule has 0 atom stereocenters. The van der Waals surface area contributed by atoms with Crippen LogP contribution < -0.4 is 0 Å². The van der Waals surface area contributed by atoms with E-state index in [9.17, 15) is 4.79 Å². The number of carbonyl (C=O) groups excluding carboxylic acids is 1. The Kier molecular flexibility index (Phi) is 4.41. The number of rotatable bonds is 4. The van der Waals surface area contributed by atoms with E-state index in [1.165, 1.54) is 0 Å². The van der Waals surface area contributed by atoms with E-state index in [-0.39, 0.29) is 34.8 Å². The number of carbonyl (C=O) groups is 1. The van der Waals surface area contributed by atoms with E-state index in [4.69, 9.17) is 0 Å². The van der Waals surface area contributed by atoms with E-state index in [2.05, 4.69) is 19.8 Å². The van der Waals surface area contributed by atoms with Gasteiger partial charge in [0.25, 0.3) is 0 Å². The summed E-state index contributed by atoms with van der Waals surface area (Å²) >= 11 is -0.0350. The van der Waals surface area contributed by atoms with E-state index in [0.29, 0.717) is 9.14 Å². The SMILES string of the molecule is O=C(c1nc(-c2ccccc2)c[se]1)c1nc(-c2ccccc2)c[se]1. The van der Waals surface area contributed by atoms with Crippen molar-refractivity contribution < 1.29 is 4.79 Å².